The zero-order valence-electron chi connectivity index (χ0n) is 25.1. The largest absolute Gasteiger partial charge is 0.309 e. The van der Waals surface area contributed by atoms with Crippen LogP contribution < -0.4 is 0 Å². The van der Waals surface area contributed by atoms with E-state index in [-0.39, 0.29) is 0 Å². The minimum absolute atomic E-state index is 1.17. The van der Waals surface area contributed by atoms with E-state index in [1.807, 2.05) is 0 Å². The molecule has 0 saturated carbocycles. The normalized spacial score (nSPS) is 11.9. The van der Waals surface area contributed by atoms with E-state index in [1.165, 1.54) is 87.7 Å². The van der Waals surface area contributed by atoms with Crippen molar-refractivity contribution in [1.82, 2.24) is 9.13 Å². The summed E-state index contributed by atoms with van der Waals surface area (Å²) in [6, 6.07) is 62.0. The van der Waals surface area contributed by atoms with E-state index in [0.717, 1.165) is 0 Å². The van der Waals surface area contributed by atoms with Crippen LogP contribution in [-0.4, -0.2) is 9.13 Å². The van der Waals surface area contributed by atoms with Crippen molar-refractivity contribution in [3.8, 4) is 22.5 Å². The van der Waals surface area contributed by atoms with Gasteiger partial charge in [0, 0.05) is 32.9 Å². The van der Waals surface area contributed by atoms with Crippen LogP contribution in [0.1, 0.15) is 0 Å². The molecule has 0 unspecified atom stereocenters. The van der Waals surface area contributed by atoms with Crippen LogP contribution in [0.5, 0.6) is 0 Å². The molecule has 8 aromatic carbocycles. The molecular formula is C44H28N2. The van der Waals surface area contributed by atoms with Crippen LogP contribution in [0.25, 0.3) is 87.7 Å². The summed E-state index contributed by atoms with van der Waals surface area (Å²) in [7, 11) is 0. The van der Waals surface area contributed by atoms with Crippen LogP contribution in [0, 0.1) is 0 Å². The summed E-state index contributed by atoms with van der Waals surface area (Å²) < 4.78 is 4.81. The number of nitrogens with zero attached hydrogens (tertiary/aromatic N) is 2. The van der Waals surface area contributed by atoms with Crippen LogP contribution in [0.15, 0.2) is 170 Å². The van der Waals surface area contributed by atoms with Gasteiger partial charge >= 0.3 is 0 Å². The van der Waals surface area contributed by atoms with Crippen molar-refractivity contribution < 1.29 is 0 Å². The van der Waals surface area contributed by atoms with Gasteiger partial charge in [-0.1, -0.05) is 109 Å². The summed E-state index contributed by atoms with van der Waals surface area (Å²) in [5, 5.41) is 10.1. The third-order valence-corrected chi connectivity index (χ3v) is 9.66. The third kappa shape index (κ3) is 3.59. The van der Waals surface area contributed by atoms with Crippen molar-refractivity contribution in [3.63, 3.8) is 0 Å². The summed E-state index contributed by atoms with van der Waals surface area (Å²) in [4.78, 5) is 0. The van der Waals surface area contributed by atoms with E-state index in [0.29, 0.717) is 0 Å². The topological polar surface area (TPSA) is 9.86 Å². The lowest BCUT2D eigenvalue weighted by molar-refractivity contribution is 1.18. The SMILES string of the molecule is c1ccc(-n2c3ccccc3c3ccc(-c4cc5cc6c(cc5c5ccccc45)c4ccccc4n6-c4ccccc4)cc32)cc1. The predicted octanol–water partition coefficient (Wildman–Crippen LogP) is 11.9. The number of fused-ring (bicyclic) bond motifs is 9. The second-order valence-corrected chi connectivity index (χ2v) is 12.2. The van der Waals surface area contributed by atoms with Gasteiger partial charge in [-0.3, -0.25) is 0 Å². The molecule has 2 heterocycles. The quantitative estimate of drug-likeness (QED) is 0.183. The van der Waals surface area contributed by atoms with Gasteiger partial charge in [-0.15, -0.1) is 0 Å². The molecule has 2 heteroatoms. The summed E-state index contributed by atoms with van der Waals surface area (Å²) in [6.45, 7) is 0. The van der Waals surface area contributed by atoms with Crippen molar-refractivity contribution in [3.05, 3.63) is 170 Å². The molecule has 0 bridgehead atoms. The molecule has 214 valence electrons. The van der Waals surface area contributed by atoms with Gasteiger partial charge in [-0.2, -0.15) is 0 Å². The number of para-hydroxylation sites is 4. The van der Waals surface area contributed by atoms with E-state index < -0.39 is 0 Å². The first-order valence-corrected chi connectivity index (χ1v) is 15.9. The summed E-state index contributed by atoms with van der Waals surface area (Å²) in [5.41, 5.74) is 9.70. The number of aromatic nitrogens is 2. The molecule has 2 aromatic heterocycles. The Morgan fingerprint density at radius 1 is 0.283 bits per heavy atom. The number of hydrogen-bond acceptors (Lipinski definition) is 0. The Hall–Kier alpha value is -6.12. The lowest BCUT2D eigenvalue weighted by atomic mass is 9.92. The highest BCUT2D eigenvalue weighted by molar-refractivity contribution is 6.21. The van der Waals surface area contributed by atoms with Gasteiger partial charge in [0.1, 0.15) is 0 Å². The molecule has 0 saturated heterocycles. The lowest BCUT2D eigenvalue weighted by Crippen LogP contribution is -1.94. The smallest absolute Gasteiger partial charge is 0.0547 e. The Morgan fingerprint density at radius 3 is 1.43 bits per heavy atom. The van der Waals surface area contributed by atoms with E-state index in [2.05, 4.69) is 179 Å². The molecule has 0 aliphatic carbocycles. The molecule has 0 N–H and O–H groups in total. The average Bonchev–Trinajstić information content (AvgIpc) is 3.63. The monoisotopic (exact) mass is 584 g/mol. The second-order valence-electron chi connectivity index (χ2n) is 12.2. The standard InChI is InChI=1S/C44H28N2/c1-3-13-31(14-4-1)45-41-21-11-9-19-35(41)37-24-23-29(26-43(37)45)38-25-30-27-44-40(28-39(30)34-18-8-7-17-33(34)38)36-20-10-12-22-42(36)46(44)32-15-5-2-6-16-32/h1-28H. The molecule has 0 amide bonds. The highest BCUT2D eigenvalue weighted by Gasteiger charge is 2.17. The zero-order valence-corrected chi connectivity index (χ0v) is 25.1. The fourth-order valence-electron chi connectivity index (χ4n) is 7.66. The fourth-order valence-corrected chi connectivity index (χ4v) is 7.66. The summed E-state index contributed by atoms with van der Waals surface area (Å²) in [5.74, 6) is 0. The van der Waals surface area contributed by atoms with E-state index in [9.17, 15) is 0 Å². The molecular weight excluding hydrogens is 556 g/mol. The van der Waals surface area contributed by atoms with Crippen molar-refractivity contribution in [2.75, 3.05) is 0 Å². The maximum absolute atomic E-state index is 2.41. The summed E-state index contributed by atoms with van der Waals surface area (Å²) >= 11 is 0. The Kier molecular flexibility index (Phi) is 5.31. The first-order valence-electron chi connectivity index (χ1n) is 15.9. The van der Waals surface area contributed by atoms with Gasteiger partial charge in [-0.05, 0) is 93.3 Å². The first-order chi connectivity index (χ1) is 22.8. The first kappa shape index (κ1) is 25.2. The van der Waals surface area contributed by atoms with Crippen LogP contribution in [0.3, 0.4) is 0 Å². The Morgan fingerprint density at radius 2 is 0.783 bits per heavy atom. The van der Waals surface area contributed by atoms with E-state index in [1.54, 1.807) is 0 Å². The minimum Gasteiger partial charge on any atom is -0.309 e. The maximum Gasteiger partial charge on any atom is 0.0547 e. The van der Waals surface area contributed by atoms with Gasteiger partial charge < -0.3 is 9.13 Å². The fraction of sp³-hybridized carbons (Fsp3) is 0. The van der Waals surface area contributed by atoms with Gasteiger partial charge in [0.05, 0.1) is 22.1 Å². The molecule has 2 nitrogen and oxygen atoms in total. The van der Waals surface area contributed by atoms with Crippen molar-refractivity contribution in [1.29, 1.82) is 0 Å². The second kappa shape index (κ2) is 9.69. The highest BCUT2D eigenvalue weighted by atomic mass is 15.0. The Bertz CT molecular complexity index is 2780. The van der Waals surface area contributed by atoms with E-state index >= 15 is 0 Å². The molecule has 0 atom stereocenters. The van der Waals surface area contributed by atoms with Gasteiger partial charge in [0.15, 0.2) is 0 Å². The highest BCUT2D eigenvalue weighted by Crippen LogP contribution is 2.42. The van der Waals surface area contributed by atoms with Crippen molar-refractivity contribution in [2.45, 2.75) is 0 Å². The van der Waals surface area contributed by atoms with Crippen LogP contribution in [0.4, 0.5) is 0 Å². The molecule has 0 radical (unpaired) electrons. The lowest BCUT2D eigenvalue weighted by Gasteiger charge is -2.14. The van der Waals surface area contributed by atoms with E-state index in [4.69, 9.17) is 0 Å². The molecule has 10 rings (SSSR count). The molecule has 46 heavy (non-hydrogen) atoms. The minimum atomic E-state index is 1.17. The molecule has 0 aliphatic heterocycles. The molecule has 10 aromatic rings. The predicted molar refractivity (Wildman–Crippen MR) is 196 cm³/mol. The Labute approximate surface area is 266 Å². The van der Waals surface area contributed by atoms with Crippen LogP contribution in [-0.2, 0) is 0 Å². The molecule has 0 fully saturated rings. The van der Waals surface area contributed by atoms with Gasteiger partial charge in [0.25, 0.3) is 0 Å². The Balaban J connectivity index is 1.29. The summed E-state index contributed by atoms with van der Waals surface area (Å²) in [6.07, 6.45) is 0. The number of rotatable bonds is 3. The maximum atomic E-state index is 2.41. The van der Waals surface area contributed by atoms with Crippen LogP contribution >= 0.6 is 0 Å². The van der Waals surface area contributed by atoms with Crippen LogP contribution in [0.2, 0.25) is 0 Å². The van der Waals surface area contributed by atoms with Gasteiger partial charge in [-0.25, -0.2) is 0 Å². The zero-order chi connectivity index (χ0) is 30.2. The van der Waals surface area contributed by atoms with Crippen molar-refractivity contribution in [2.24, 2.45) is 0 Å². The number of benzene rings is 8. The van der Waals surface area contributed by atoms with Crippen molar-refractivity contribution >= 4 is 65.2 Å². The third-order valence-electron chi connectivity index (χ3n) is 9.66. The molecule has 0 aliphatic rings. The van der Waals surface area contributed by atoms with Gasteiger partial charge in [0.2, 0.25) is 0 Å². The number of hydrogen-bond donors (Lipinski definition) is 0. The molecule has 0 spiro atoms. The average molecular weight is 585 g/mol.